The number of nitrogens with one attached hydrogen (secondary N) is 1. The lowest BCUT2D eigenvalue weighted by molar-refractivity contribution is -0.137. The summed E-state index contributed by atoms with van der Waals surface area (Å²) in [4.78, 5) is 23.7. The summed E-state index contributed by atoms with van der Waals surface area (Å²) in [6.45, 7) is 2.46. The fraction of sp³-hybridized carbons (Fsp3) is 0.833. The van der Waals surface area contributed by atoms with Crippen LogP contribution in [0.4, 0.5) is 4.79 Å². The lowest BCUT2D eigenvalue weighted by Crippen LogP contribution is -2.38. The summed E-state index contributed by atoms with van der Waals surface area (Å²) in [5.41, 5.74) is 0. The Bertz CT molecular complexity index is 250. The number of aliphatic carboxylic acids is 1. The second-order valence-electron chi connectivity index (χ2n) is 4.48. The number of rotatable bonds is 7. The van der Waals surface area contributed by atoms with E-state index in [1.165, 1.54) is 0 Å². The Hall–Kier alpha value is -1.26. The van der Waals surface area contributed by atoms with E-state index >= 15 is 0 Å². The lowest BCUT2D eigenvalue weighted by atomic mass is 10.1. The molecule has 1 saturated heterocycles. The van der Waals surface area contributed by atoms with Crippen LogP contribution in [0.25, 0.3) is 0 Å². The molecule has 5 nitrogen and oxygen atoms in total. The van der Waals surface area contributed by atoms with E-state index in [1.54, 1.807) is 0 Å². The minimum absolute atomic E-state index is 0.0491. The molecule has 2 N–H and O–H groups in total. The number of likely N-dealkylation sites (tertiary alicyclic amines) is 1. The van der Waals surface area contributed by atoms with Crippen molar-refractivity contribution >= 4 is 12.0 Å². The highest BCUT2D eigenvalue weighted by atomic mass is 16.4. The third-order valence-electron chi connectivity index (χ3n) is 2.99. The molecular weight excluding hydrogens is 220 g/mol. The Morgan fingerprint density at radius 2 is 1.71 bits per heavy atom. The molecule has 1 aliphatic heterocycles. The van der Waals surface area contributed by atoms with E-state index in [4.69, 9.17) is 5.11 Å². The van der Waals surface area contributed by atoms with Gasteiger partial charge >= 0.3 is 12.0 Å². The topological polar surface area (TPSA) is 69.6 Å². The Morgan fingerprint density at radius 1 is 1.06 bits per heavy atom. The van der Waals surface area contributed by atoms with Crippen molar-refractivity contribution in [1.82, 2.24) is 10.2 Å². The molecule has 0 bridgehead atoms. The quantitative estimate of drug-likeness (QED) is 0.669. The molecule has 0 saturated carbocycles. The van der Waals surface area contributed by atoms with Crippen LogP contribution in [-0.2, 0) is 4.79 Å². The van der Waals surface area contributed by atoms with Crippen molar-refractivity contribution in [3.63, 3.8) is 0 Å². The van der Waals surface area contributed by atoms with Gasteiger partial charge in [-0.2, -0.15) is 0 Å². The molecule has 0 aromatic carbocycles. The third-order valence-corrected chi connectivity index (χ3v) is 2.99. The highest BCUT2D eigenvalue weighted by molar-refractivity contribution is 5.74. The molecule has 5 heteroatoms. The van der Waals surface area contributed by atoms with Crippen LogP contribution in [0.15, 0.2) is 0 Å². The molecule has 0 unspecified atom stereocenters. The van der Waals surface area contributed by atoms with E-state index in [0.717, 1.165) is 51.6 Å². The molecule has 1 aliphatic rings. The number of carboxylic acids is 1. The summed E-state index contributed by atoms with van der Waals surface area (Å²) in [5.74, 6) is -0.729. The summed E-state index contributed by atoms with van der Waals surface area (Å²) in [7, 11) is 0. The van der Waals surface area contributed by atoms with Crippen molar-refractivity contribution < 1.29 is 14.7 Å². The molecule has 0 aromatic rings. The first-order chi connectivity index (χ1) is 8.20. The third kappa shape index (κ3) is 6.14. The predicted octanol–water partition coefficient (Wildman–Crippen LogP) is 1.83. The van der Waals surface area contributed by atoms with Crippen LogP contribution in [0.3, 0.4) is 0 Å². The standard InChI is InChI=1S/C12H22N2O3/c15-11(16)7-3-1-2-4-8-13-12(17)14-9-5-6-10-14/h1-10H2,(H,13,17)(H,15,16). The highest BCUT2D eigenvalue weighted by Gasteiger charge is 2.16. The summed E-state index contributed by atoms with van der Waals surface area (Å²) in [6, 6.07) is 0.0491. The average Bonchev–Trinajstić information content (AvgIpc) is 2.80. The van der Waals surface area contributed by atoms with Crippen LogP contribution in [0.5, 0.6) is 0 Å². The number of unbranched alkanes of at least 4 members (excludes halogenated alkanes) is 3. The minimum atomic E-state index is -0.729. The zero-order valence-corrected chi connectivity index (χ0v) is 10.3. The van der Waals surface area contributed by atoms with Crippen LogP contribution in [0.2, 0.25) is 0 Å². The molecule has 17 heavy (non-hydrogen) atoms. The van der Waals surface area contributed by atoms with E-state index in [2.05, 4.69) is 5.32 Å². The zero-order chi connectivity index (χ0) is 12.5. The van der Waals surface area contributed by atoms with Crippen molar-refractivity contribution in [2.24, 2.45) is 0 Å². The summed E-state index contributed by atoms with van der Waals surface area (Å²) in [6.07, 6.45) is 6.04. The van der Waals surface area contributed by atoms with Crippen molar-refractivity contribution in [1.29, 1.82) is 0 Å². The molecule has 0 atom stereocenters. The molecule has 0 aromatic heterocycles. The van der Waals surface area contributed by atoms with Crippen molar-refractivity contribution in [2.75, 3.05) is 19.6 Å². The smallest absolute Gasteiger partial charge is 0.317 e. The van der Waals surface area contributed by atoms with Crippen LogP contribution < -0.4 is 5.32 Å². The van der Waals surface area contributed by atoms with Gasteiger partial charge in [-0.1, -0.05) is 12.8 Å². The van der Waals surface area contributed by atoms with Crippen LogP contribution in [0.1, 0.15) is 44.9 Å². The van der Waals surface area contributed by atoms with Crippen LogP contribution >= 0.6 is 0 Å². The van der Waals surface area contributed by atoms with E-state index in [0.29, 0.717) is 6.54 Å². The van der Waals surface area contributed by atoms with Gasteiger partial charge in [-0.15, -0.1) is 0 Å². The van der Waals surface area contributed by atoms with Crippen LogP contribution in [0, 0.1) is 0 Å². The van der Waals surface area contributed by atoms with Gasteiger partial charge in [0.15, 0.2) is 0 Å². The molecule has 1 fully saturated rings. The van der Waals surface area contributed by atoms with Crippen molar-refractivity contribution in [2.45, 2.75) is 44.9 Å². The fourth-order valence-electron chi connectivity index (χ4n) is 1.98. The predicted molar refractivity (Wildman–Crippen MR) is 64.9 cm³/mol. The van der Waals surface area contributed by atoms with Gasteiger partial charge in [-0.25, -0.2) is 4.79 Å². The normalized spacial score (nSPS) is 14.9. The van der Waals surface area contributed by atoms with Gasteiger partial charge in [0.1, 0.15) is 0 Å². The van der Waals surface area contributed by atoms with E-state index in [9.17, 15) is 9.59 Å². The average molecular weight is 242 g/mol. The van der Waals surface area contributed by atoms with E-state index < -0.39 is 5.97 Å². The van der Waals surface area contributed by atoms with Crippen molar-refractivity contribution in [3.05, 3.63) is 0 Å². The Kier molecular flexibility index (Phi) is 6.43. The number of carbonyl (C=O) groups excluding carboxylic acids is 1. The first kappa shape index (κ1) is 13.8. The van der Waals surface area contributed by atoms with Gasteiger partial charge in [0.25, 0.3) is 0 Å². The Morgan fingerprint density at radius 3 is 2.35 bits per heavy atom. The molecular formula is C12H22N2O3. The van der Waals surface area contributed by atoms with Gasteiger partial charge < -0.3 is 15.3 Å². The maximum Gasteiger partial charge on any atom is 0.317 e. The second-order valence-corrected chi connectivity index (χ2v) is 4.48. The number of urea groups is 1. The SMILES string of the molecule is O=C(O)CCCCCCNC(=O)N1CCCC1. The minimum Gasteiger partial charge on any atom is -0.481 e. The number of hydrogen-bond acceptors (Lipinski definition) is 2. The van der Waals surface area contributed by atoms with Gasteiger partial charge in [0.2, 0.25) is 0 Å². The number of carboxylic acid groups (broad SMARTS) is 1. The maximum absolute atomic E-state index is 11.6. The molecule has 0 radical (unpaired) electrons. The Labute approximate surface area is 102 Å². The number of carbonyl (C=O) groups is 2. The monoisotopic (exact) mass is 242 g/mol. The van der Waals surface area contributed by atoms with E-state index in [-0.39, 0.29) is 12.5 Å². The number of hydrogen-bond donors (Lipinski definition) is 2. The highest BCUT2D eigenvalue weighted by Crippen LogP contribution is 2.07. The van der Waals surface area contributed by atoms with E-state index in [1.807, 2.05) is 4.90 Å². The number of nitrogens with zero attached hydrogens (tertiary/aromatic N) is 1. The van der Waals surface area contributed by atoms with Crippen molar-refractivity contribution in [3.8, 4) is 0 Å². The molecule has 1 heterocycles. The first-order valence-corrected chi connectivity index (χ1v) is 6.45. The van der Waals surface area contributed by atoms with Gasteiger partial charge in [0.05, 0.1) is 0 Å². The van der Waals surface area contributed by atoms with Gasteiger partial charge in [-0.05, 0) is 25.7 Å². The summed E-state index contributed by atoms with van der Waals surface area (Å²) >= 11 is 0. The summed E-state index contributed by atoms with van der Waals surface area (Å²) < 4.78 is 0. The van der Waals surface area contributed by atoms with Gasteiger partial charge in [0, 0.05) is 26.1 Å². The number of amides is 2. The maximum atomic E-state index is 11.6. The largest absolute Gasteiger partial charge is 0.481 e. The fourth-order valence-corrected chi connectivity index (χ4v) is 1.98. The zero-order valence-electron chi connectivity index (χ0n) is 10.3. The lowest BCUT2D eigenvalue weighted by Gasteiger charge is -2.15. The molecule has 98 valence electrons. The summed E-state index contributed by atoms with van der Waals surface area (Å²) in [5, 5.41) is 11.3. The molecule has 0 spiro atoms. The van der Waals surface area contributed by atoms with Crippen LogP contribution in [-0.4, -0.2) is 41.6 Å². The molecule has 0 aliphatic carbocycles. The molecule has 1 rings (SSSR count). The van der Waals surface area contributed by atoms with Gasteiger partial charge in [-0.3, -0.25) is 4.79 Å². The first-order valence-electron chi connectivity index (χ1n) is 6.45. The Balaban J connectivity index is 1.89. The molecule has 2 amide bonds. The second kappa shape index (κ2) is 7.92.